The molecule has 0 amide bonds. The molecular formula is C31H34HfIN3. The normalized spacial score (nSPS) is 9.53. The zero-order valence-corrected chi connectivity index (χ0v) is 27.7. The van der Waals surface area contributed by atoms with Gasteiger partial charge in [0, 0.05) is 17.1 Å². The summed E-state index contributed by atoms with van der Waals surface area (Å²) in [6.07, 6.45) is 2.12. The number of para-hydroxylation sites is 1. The third-order valence-corrected chi connectivity index (χ3v) is 5.70. The summed E-state index contributed by atoms with van der Waals surface area (Å²) >= 11 is 0. The van der Waals surface area contributed by atoms with Gasteiger partial charge in [-0.15, -0.1) is 0 Å². The zero-order valence-electron chi connectivity index (χ0n) is 21.9. The Hall–Kier alpha value is -2.25. The topological polar surface area (TPSA) is 33.2 Å². The molecule has 0 bridgehead atoms. The van der Waals surface area contributed by atoms with Crippen molar-refractivity contribution in [3.8, 4) is 16.8 Å². The van der Waals surface area contributed by atoms with E-state index >= 15 is 0 Å². The molecule has 0 radical (unpaired) electrons. The summed E-state index contributed by atoms with van der Waals surface area (Å²) in [7, 11) is 0. The zero-order chi connectivity index (χ0) is 21.4. The standard InChI is InChI=1S/C28H24N3.3CH3.Hf.HI/c1-19-17-20(2)27(21(3)18-19)29-26-14-13-23-15-16-31(28(23)30-26)25-12-8-7-11-24(25)22-9-5-4-6-10-22;;;;;/h4-18H,1-3H3;3*1H3;;1H/q4*-1;+4;. The van der Waals surface area contributed by atoms with Gasteiger partial charge >= 0.3 is 25.8 Å². The largest absolute Gasteiger partial charge is 4.00 e. The molecule has 3 aromatic carbocycles. The fourth-order valence-corrected chi connectivity index (χ4v) is 4.33. The molecule has 2 heterocycles. The number of benzene rings is 3. The van der Waals surface area contributed by atoms with Gasteiger partial charge in [-0.05, 0) is 61.7 Å². The molecule has 0 saturated heterocycles. The first kappa shape index (κ1) is 33.8. The molecule has 2 aromatic heterocycles. The Balaban J connectivity index is 0.00000245. The van der Waals surface area contributed by atoms with Crippen molar-refractivity contribution in [3.05, 3.63) is 135 Å². The number of aryl methyl sites for hydroxylation is 3. The van der Waals surface area contributed by atoms with Gasteiger partial charge in [0.05, 0.1) is 11.4 Å². The van der Waals surface area contributed by atoms with Crippen molar-refractivity contribution in [1.29, 1.82) is 0 Å². The van der Waals surface area contributed by atoms with Gasteiger partial charge in [0.1, 0.15) is 11.5 Å². The predicted octanol–water partition coefficient (Wildman–Crippen LogP) is 5.73. The Morgan fingerprint density at radius 1 is 0.722 bits per heavy atom. The first-order valence-corrected chi connectivity index (χ1v) is 10.6. The van der Waals surface area contributed by atoms with E-state index in [1.54, 1.807) is 0 Å². The maximum Gasteiger partial charge on any atom is 4.00 e. The molecule has 0 aliphatic rings. The van der Waals surface area contributed by atoms with Crippen LogP contribution in [0.3, 0.4) is 0 Å². The average molecular weight is 754 g/mol. The van der Waals surface area contributed by atoms with Crippen molar-refractivity contribution in [3.63, 3.8) is 0 Å². The summed E-state index contributed by atoms with van der Waals surface area (Å²) < 4.78 is 2.21. The minimum Gasteiger partial charge on any atom is -1.00 e. The van der Waals surface area contributed by atoms with Crippen LogP contribution in [0.5, 0.6) is 0 Å². The van der Waals surface area contributed by atoms with Crippen molar-refractivity contribution in [1.82, 2.24) is 4.57 Å². The van der Waals surface area contributed by atoms with Crippen LogP contribution in [-0.2, 0) is 25.8 Å². The van der Waals surface area contributed by atoms with Gasteiger partial charge in [0.15, 0.2) is 0 Å². The smallest absolute Gasteiger partial charge is 1.00 e. The molecule has 0 unspecified atom stereocenters. The number of hydrogen-bond donors (Lipinski definition) is 0. The number of pyridine rings is 1. The second-order valence-electron chi connectivity index (χ2n) is 8.08. The monoisotopic (exact) mass is 755 g/mol. The second-order valence-corrected chi connectivity index (χ2v) is 8.08. The molecule has 5 aromatic rings. The first-order valence-electron chi connectivity index (χ1n) is 10.6. The number of fused-ring (bicyclic) bond motifs is 1. The van der Waals surface area contributed by atoms with Crippen LogP contribution < -0.4 is 29.0 Å². The Bertz CT molecular complexity index is 1370. The Labute approximate surface area is 253 Å². The van der Waals surface area contributed by atoms with Crippen LogP contribution in [0.15, 0.2) is 91.1 Å². The molecule has 3 nitrogen and oxygen atoms in total. The van der Waals surface area contributed by atoms with Crippen molar-refractivity contribution >= 4 is 22.5 Å². The van der Waals surface area contributed by atoms with Gasteiger partial charge in [-0.2, -0.15) is 0 Å². The minimum atomic E-state index is 0. The summed E-state index contributed by atoms with van der Waals surface area (Å²) in [6, 6.07) is 29.7. The van der Waals surface area contributed by atoms with Gasteiger partial charge in [-0.1, -0.05) is 66.2 Å². The van der Waals surface area contributed by atoms with Crippen molar-refractivity contribution in [2.75, 3.05) is 0 Å². The summed E-state index contributed by atoms with van der Waals surface area (Å²) in [5.41, 5.74) is 9.25. The Morgan fingerprint density at radius 2 is 1.33 bits per heavy atom. The SMILES string of the molecule is Cc1cc(C)c([N-]c2ccc3ccn(-c4ccccc4-c4ccccc4)c3[nH+]2)c(C)c1.[CH3-].[CH3-].[CH3-].[Hf+4].[I-]. The molecule has 0 fully saturated rings. The van der Waals surface area contributed by atoms with Crippen molar-refractivity contribution in [2.45, 2.75) is 20.8 Å². The number of rotatable bonds is 4. The molecule has 5 rings (SSSR count). The second kappa shape index (κ2) is 14.5. The van der Waals surface area contributed by atoms with Crippen LogP contribution in [0.4, 0.5) is 11.5 Å². The van der Waals surface area contributed by atoms with E-state index in [1.165, 1.54) is 27.8 Å². The van der Waals surface area contributed by atoms with E-state index in [0.717, 1.165) is 28.2 Å². The van der Waals surface area contributed by atoms with E-state index in [2.05, 4.69) is 115 Å². The van der Waals surface area contributed by atoms with Crippen LogP contribution in [0.25, 0.3) is 33.2 Å². The van der Waals surface area contributed by atoms with Crippen LogP contribution in [0.1, 0.15) is 16.7 Å². The maximum atomic E-state index is 4.96. The fraction of sp³-hybridized carbons (Fsp3) is 0.0968. The number of H-pyrrole nitrogens is 1. The van der Waals surface area contributed by atoms with E-state index in [0.29, 0.717) is 0 Å². The van der Waals surface area contributed by atoms with Crippen LogP contribution >= 0.6 is 0 Å². The number of nitrogens with one attached hydrogen (secondary N) is 1. The molecule has 36 heavy (non-hydrogen) atoms. The van der Waals surface area contributed by atoms with Gasteiger partial charge < -0.3 is 55.8 Å². The molecule has 0 aliphatic carbocycles. The first-order chi connectivity index (χ1) is 15.1. The van der Waals surface area contributed by atoms with E-state index < -0.39 is 0 Å². The van der Waals surface area contributed by atoms with E-state index in [-0.39, 0.29) is 72.1 Å². The number of halogens is 1. The molecule has 0 atom stereocenters. The quantitative estimate of drug-likeness (QED) is 0.128. The third kappa shape index (κ3) is 6.74. The van der Waals surface area contributed by atoms with Gasteiger partial charge in [0.2, 0.25) is 0 Å². The molecule has 5 heteroatoms. The molecule has 0 spiro atoms. The minimum absolute atomic E-state index is 0. The van der Waals surface area contributed by atoms with E-state index in [4.69, 9.17) is 5.32 Å². The van der Waals surface area contributed by atoms with Gasteiger partial charge in [-0.25, -0.2) is 5.32 Å². The summed E-state index contributed by atoms with van der Waals surface area (Å²) in [5, 5.41) is 6.11. The number of aromatic nitrogens is 2. The number of aromatic amines is 1. The summed E-state index contributed by atoms with van der Waals surface area (Å²) in [4.78, 5) is 3.57. The predicted molar refractivity (Wildman–Crippen MR) is 148 cm³/mol. The number of nitrogens with zero attached hydrogens (tertiary/aromatic N) is 2. The van der Waals surface area contributed by atoms with Crippen molar-refractivity contribution < 1.29 is 54.8 Å². The summed E-state index contributed by atoms with van der Waals surface area (Å²) in [5.74, 6) is 0.847. The molecule has 0 aliphatic heterocycles. The Morgan fingerprint density at radius 3 is 2.00 bits per heavy atom. The van der Waals surface area contributed by atoms with Gasteiger partial charge in [-0.3, -0.25) is 0 Å². The fourth-order valence-electron chi connectivity index (χ4n) is 4.33. The van der Waals surface area contributed by atoms with Crippen LogP contribution in [-0.4, -0.2) is 4.57 Å². The molecule has 184 valence electrons. The maximum absolute atomic E-state index is 4.96. The molecule has 1 N–H and O–H groups in total. The Kier molecular flexibility index (Phi) is 13.6. The number of hydrogen-bond acceptors (Lipinski definition) is 0. The third-order valence-electron chi connectivity index (χ3n) is 5.70. The van der Waals surface area contributed by atoms with Gasteiger partial charge in [0.25, 0.3) is 0 Å². The average Bonchev–Trinajstić information content (AvgIpc) is 3.20. The molecule has 0 saturated carbocycles. The molecular weight excluding hydrogens is 720 g/mol. The van der Waals surface area contributed by atoms with Crippen molar-refractivity contribution in [2.24, 2.45) is 0 Å². The summed E-state index contributed by atoms with van der Waals surface area (Å²) in [6.45, 7) is 6.37. The van der Waals surface area contributed by atoms with Crippen LogP contribution in [0.2, 0.25) is 0 Å². The van der Waals surface area contributed by atoms with E-state index in [1.807, 2.05) is 6.07 Å². The van der Waals surface area contributed by atoms with Crippen LogP contribution in [0, 0.1) is 43.1 Å². The van der Waals surface area contributed by atoms with E-state index in [9.17, 15) is 0 Å².